The summed E-state index contributed by atoms with van der Waals surface area (Å²) in [7, 11) is 0. The van der Waals surface area contributed by atoms with Crippen LogP contribution in [0.15, 0.2) is 12.1 Å². The maximum Gasteiger partial charge on any atom is 0.137 e. The van der Waals surface area contributed by atoms with E-state index in [1.54, 1.807) is 6.07 Å². The second-order valence-electron chi connectivity index (χ2n) is 2.95. The van der Waals surface area contributed by atoms with Crippen molar-refractivity contribution in [1.29, 1.82) is 5.26 Å². The summed E-state index contributed by atoms with van der Waals surface area (Å²) in [4.78, 5) is 0. The van der Waals surface area contributed by atoms with Crippen LogP contribution >= 0.6 is 22.6 Å². The van der Waals surface area contributed by atoms with Gasteiger partial charge in [0.1, 0.15) is 15.5 Å². The first kappa shape index (κ1) is 10.2. The van der Waals surface area contributed by atoms with Crippen molar-refractivity contribution in [2.45, 2.75) is 6.92 Å². The Morgan fingerprint density at radius 2 is 2.40 bits per heavy atom. The van der Waals surface area contributed by atoms with E-state index in [1.807, 2.05) is 13.0 Å². The Balaban J connectivity index is 2.67. The van der Waals surface area contributed by atoms with Crippen LogP contribution in [0.2, 0.25) is 0 Å². The average Bonchev–Trinajstić information content (AvgIpc) is 2.60. The van der Waals surface area contributed by atoms with Crippen molar-refractivity contribution < 1.29 is 4.74 Å². The molecule has 0 saturated heterocycles. The van der Waals surface area contributed by atoms with Crippen molar-refractivity contribution in [2.75, 3.05) is 6.61 Å². The van der Waals surface area contributed by atoms with Gasteiger partial charge in [0.05, 0.1) is 17.7 Å². The molecule has 0 spiro atoms. The zero-order valence-electron chi connectivity index (χ0n) is 8.04. The largest absolute Gasteiger partial charge is 0.492 e. The average molecular weight is 313 g/mol. The predicted molar refractivity (Wildman–Crippen MR) is 64.7 cm³/mol. The highest BCUT2D eigenvalue weighted by atomic mass is 127. The molecular weight excluding hydrogens is 305 g/mol. The Morgan fingerprint density at radius 1 is 1.60 bits per heavy atom. The first-order valence-corrected chi connectivity index (χ1v) is 5.54. The Labute approximate surface area is 100 Å². The van der Waals surface area contributed by atoms with Gasteiger partial charge >= 0.3 is 0 Å². The highest BCUT2D eigenvalue weighted by Crippen LogP contribution is 2.27. The molecule has 2 aromatic rings. The van der Waals surface area contributed by atoms with E-state index in [9.17, 15) is 0 Å². The Hall–Kier alpha value is -1.29. The van der Waals surface area contributed by atoms with Crippen LogP contribution in [0.3, 0.4) is 0 Å². The molecular formula is C10H8IN3O. The maximum atomic E-state index is 8.94. The smallest absolute Gasteiger partial charge is 0.137 e. The van der Waals surface area contributed by atoms with Crippen molar-refractivity contribution in [3.05, 3.63) is 21.4 Å². The Kier molecular flexibility index (Phi) is 2.77. The van der Waals surface area contributed by atoms with Gasteiger partial charge < -0.3 is 4.74 Å². The molecule has 0 unspecified atom stereocenters. The molecule has 1 aromatic heterocycles. The van der Waals surface area contributed by atoms with Gasteiger partial charge in [0.2, 0.25) is 0 Å². The van der Waals surface area contributed by atoms with E-state index in [4.69, 9.17) is 10.00 Å². The minimum absolute atomic E-state index is 0.521. The second-order valence-corrected chi connectivity index (χ2v) is 4.03. The van der Waals surface area contributed by atoms with E-state index in [2.05, 4.69) is 38.9 Å². The van der Waals surface area contributed by atoms with Gasteiger partial charge in [0, 0.05) is 5.39 Å². The fourth-order valence-corrected chi connectivity index (χ4v) is 1.92. The minimum Gasteiger partial charge on any atom is -0.492 e. The van der Waals surface area contributed by atoms with Crippen LogP contribution in [-0.2, 0) is 0 Å². The molecule has 15 heavy (non-hydrogen) atoms. The van der Waals surface area contributed by atoms with E-state index < -0.39 is 0 Å². The lowest BCUT2D eigenvalue weighted by Gasteiger charge is -2.04. The number of nitriles is 1. The molecule has 0 fully saturated rings. The van der Waals surface area contributed by atoms with Gasteiger partial charge in [0.25, 0.3) is 0 Å². The maximum absolute atomic E-state index is 8.94. The number of nitrogens with one attached hydrogen (secondary N) is 1. The molecule has 0 atom stereocenters. The van der Waals surface area contributed by atoms with Gasteiger partial charge in [-0.15, -0.1) is 0 Å². The van der Waals surface area contributed by atoms with Gasteiger partial charge in [0.15, 0.2) is 0 Å². The van der Waals surface area contributed by atoms with Gasteiger partial charge in [-0.25, -0.2) is 0 Å². The molecule has 1 aromatic carbocycles. The molecule has 76 valence electrons. The number of nitrogens with zero attached hydrogens (tertiary/aromatic N) is 2. The fourth-order valence-electron chi connectivity index (χ4n) is 1.37. The minimum atomic E-state index is 0.521. The van der Waals surface area contributed by atoms with Crippen LogP contribution in [0.25, 0.3) is 10.9 Å². The van der Waals surface area contributed by atoms with Crippen molar-refractivity contribution in [3.63, 3.8) is 0 Å². The summed E-state index contributed by atoms with van der Waals surface area (Å²) < 4.78 is 6.34. The van der Waals surface area contributed by atoms with E-state index in [0.717, 1.165) is 14.6 Å². The first-order chi connectivity index (χ1) is 7.26. The molecule has 4 nitrogen and oxygen atoms in total. The Morgan fingerprint density at radius 3 is 3.07 bits per heavy atom. The zero-order valence-corrected chi connectivity index (χ0v) is 10.2. The summed E-state index contributed by atoms with van der Waals surface area (Å²) in [5.41, 5.74) is 1.31. The van der Waals surface area contributed by atoms with Crippen LogP contribution < -0.4 is 4.74 Å². The van der Waals surface area contributed by atoms with Crippen LogP contribution in [0.1, 0.15) is 12.5 Å². The van der Waals surface area contributed by atoms with E-state index in [0.29, 0.717) is 17.9 Å². The zero-order chi connectivity index (χ0) is 10.8. The molecule has 1 heterocycles. The molecule has 0 amide bonds. The number of rotatable bonds is 2. The van der Waals surface area contributed by atoms with Gasteiger partial charge in [-0.3, -0.25) is 5.10 Å². The number of hydrogen-bond donors (Lipinski definition) is 1. The van der Waals surface area contributed by atoms with E-state index in [-0.39, 0.29) is 0 Å². The van der Waals surface area contributed by atoms with Crippen molar-refractivity contribution in [1.82, 2.24) is 10.2 Å². The van der Waals surface area contributed by atoms with Crippen molar-refractivity contribution in [3.8, 4) is 11.8 Å². The van der Waals surface area contributed by atoms with E-state index >= 15 is 0 Å². The molecule has 2 rings (SSSR count). The predicted octanol–water partition coefficient (Wildman–Crippen LogP) is 2.44. The summed E-state index contributed by atoms with van der Waals surface area (Å²) >= 11 is 2.17. The molecule has 0 aliphatic heterocycles. The number of hydrogen-bond acceptors (Lipinski definition) is 3. The highest BCUT2D eigenvalue weighted by Gasteiger charge is 2.09. The van der Waals surface area contributed by atoms with Crippen LogP contribution in [0.5, 0.6) is 5.75 Å². The molecule has 0 saturated carbocycles. The number of aromatic nitrogens is 2. The standard InChI is InChI=1S/C10H8IN3O/c1-2-15-9-4-7-8(3-6(9)5-12)13-14-10(7)11/h3-4H,2H2,1H3,(H,13,14). The number of H-pyrrole nitrogens is 1. The number of ether oxygens (including phenoxy) is 1. The van der Waals surface area contributed by atoms with Gasteiger partial charge in [-0.2, -0.15) is 10.4 Å². The number of aromatic amines is 1. The summed E-state index contributed by atoms with van der Waals surface area (Å²) in [5.74, 6) is 0.617. The monoisotopic (exact) mass is 313 g/mol. The molecule has 0 radical (unpaired) electrons. The lowest BCUT2D eigenvalue weighted by molar-refractivity contribution is 0.339. The normalized spacial score (nSPS) is 10.2. The third-order valence-corrected chi connectivity index (χ3v) is 2.85. The molecule has 5 heteroatoms. The van der Waals surface area contributed by atoms with Crippen molar-refractivity contribution in [2.24, 2.45) is 0 Å². The van der Waals surface area contributed by atoms with Crippen LogP contribution in [-0.4, -0.2) is 16.8 Å². The third kappa shape index (κ3) is 1.77. The molecule has 1 N–H and O–H groups in total. The summed E-state index contributed by atoms with van der Waals surface area (Å²) in [5, 5.41) is 16.9. The van der Waals surface area contributed by atoms with Crippen LogP contribution in [0, 0.1) is 15.0 Å². The van der Waals surface area contributed by atoms with Gasteiger partial charge in [-0.05, 0) is 41.6 Å². The number of benzene rings is 1. The first-order valence-electron chi connectivity index (χ1n) is 4.46. The topological polar surface area (TPSA) is 61.7 Å². The lowest BCUT2D eigenvalue weighted by Crippen LogP contribution is -1.94. The lowest BCUT2D eigenvalue weighted by atomic mass is 10.1. The summed E-state index contributed by atoms with van der Waals surface area (Å²) in [6.07, 6.45) is 0. The molecule has 0 aliphatic rings. The number of halogens is 1. The molecule has 0 bridgehead atoms. The van der Waals surface area contributed by atoms with E-state index in [1.165, 1.54) is 0 Å². The quantitative estimate of drug-likeness (QED) is 0.866. The fraction of sp³-hybridized carbons (Fsp3) is 0.200. The summed E-state index contributed by atoms with van der Waals surface area (Å²) in [6, 6.07) is 5.69. The second kappa shape index (κ2) is 4.06. The SMILES string of the molecule is CCOc1cc2c(I)[nH]nc2cc1C#N. The van der Waals surface area contributed by atoms with Crippen LogP contribution in [0.4, 0.5) is 0 Å². The Bertz CT molecular complexity index is 541. The third-order valence-electron chi connectivity index (χ3n) is 2.03. The molecule has 0 aliphatic carbocycles. The van der Waals surface area contributed by atoms with Gasteiger partial charge in [-0.1, -0.05) is 0 Å². The number of fused-ring (bicyclic) bond motifs is 1. The van der Waals surface area contributed by atoms with Crippen molar-refractivity contribution >= 4 is 33.5 Å². The highest BCUT2D eigenvalue weighted by molar-refractivity contribution is 14.1. The summed E-state index contributed by atoms with van der Waals surface area (Å²) in [6.45, 7) is 2.44.